The zero-order valence-corrected chi connectivity index (χ0v) is 17.5. The van der Waals surface area contributed by atoms with Crippen LogP contribution in [-0.4, -0.2) is 50.3 Å². The second kappa shape index (κ2) is 9.16. The molecule has 1 N–H and O–H groups in total. The second-order valence-electron chi connectivity index (χ2n) is 7.94. The number of fused-ring (bicyclic) bond motifs is 1. The largest absolute Gasteiger partial charge is 0.397 e. The predicted molar refractivity (Wildman–Crippen MR) is 110 cm³/mol. The number of aromatic nitrogens is 3. The molecule has 0 radical (unpaired) electrons. The SMILES string of the molecule is O=C(NCc1cn2ccnc2cn1)c1ccc(C2CCN(C(=O)CC(F)(F)F)CC2)cc1F. The molecule has 1 fully saturated rings. The van der Waals surface area contributed by atoms with E-state index in [-0.39, 0.29) is 31.1 Å². The maximum absolute atomic E-state index is 14.7. The average Bonchev–Trinajstić information content (AvgIpc) is 3.24. The molecule has 3 aromatic rings. The lowest BCUT2D eigenvalue weighted by Gasteiger charge is -2.32. The van der Waals surface area contributed by atoms with Crippen LogP contribution < -0.4 is 5.32 Å². The van der Waals surface area contributed by atoms with Crippen LogP contribution in [-0.2, 0) is 11.3 Å². The number of likely N-dealkylation sites (tertiary alicyclic amines) is 1. The number of hydrogen-bond donors (Lipinski definition) is 1. The van der Waals surface area contributed by atoms with Gasteiger partial charge in [0.1, 0.15) is 12.2 Å². The van der Waals surface area contributed by atoms with E-state index in [4.69, 9.17) is 0 Å². The Morgan fingerprint density at radius 3 is 2.61 bits per heavy atom. The molecule has 33 heavy (non-hydrogen) atoms. The number of piperidine rings is 1. The Bertz CT molecular complexity index is 1170. The van der Waals surface area contributed by atoms with Crippen molar-refractivity contribution in [1.82, 2.24) is 24.6 Å². The molecule has 11 heteroatoms. The monoisotopic (exact) mass is 463 g/mol. The third-order valence-corrected chi connectivity index (χ3v) is 5.67. The Morgan fingerprint density at radius 1 is 1.15 bits per heavy atom. The summed E-state index contributed by atoms with van der Waals surface area (Å²) >= 11 is 0. The fourth-order valence-electron chi connectivity index (χ4n) is 3.94. The van der Waals surface area contributed by atoms with Gasteiger partial charge in [0.05, 0.1) is 24.0 Å². The third-order valence-electron chi connectivity index (χ3n) is 5.67. The van der Waals surface area contributed by atoms with Gasteiger partial charge in [-0.3, -0.25) is 14.6 Å². The lowest BCUT2D eigenvalue weighted by molar-refractivity contribution is -0.162. The van der Waals surface area contributed by atoms with Crippen LogP contribution in [0.15, 0.2) is 43.0 Å². The summed E-state index contributed by atoms with van der Waals surface area (Å²) in [6.07, 6.45) is 1.51. The van der Waals surface area contributed by atoms with Crippen molar-refractivity contribution in [3.63, 3.8) is 0 Å². The number of amides is 2. The van der Waals surface area contributed by atoms with Gasteiger partial charge in [-0.25, -0.2) is 9.37 Å². The van der Waals surface area contributed by atoms with E-state index < -0.39 is 30.2 Å². The highest BCUT2D eigenvalue weighted by Crippen LogP contribution is 2.30. The molecule has 3 heterocycles. The quantitative estimate of drug-likeness (QED) is 0.588. The summed E-state index contributed by atoms with van der Waals surface area (Å²) in [6.45, 7) is 0.466. The van der Waals surface area contributed by atoms with Gasteiger partial charge >= 0.3 is 6.18 Å². The van der Waals surface area contributed by atoms with Crippen molar-refractivity contribution in [3.8, 4) is 0 Å². The number of benzene rings is 1. The minimum atomic E-state index is -4.53. The first-order valence-electron chi connectivity index (χ1n) is 10.4. The van der Waals surface area contributed by atoms with Crippen molar-refractivity contribution < 1.29 is 27.2 Å². The van der Waals surface area contributed by atoms with Crippen molar-refractivity contribution in [2.24, 2.45) is 0 Å². The van der Waals surface area contributed by atoms with Gasteiger partial charge in [0.15, 0.2) is 5.65 Å². The van der Waals surface area contributed by atoms with E-state index >= 15 is 0 Å². The third kappa shape index (κ3) is 5.47. The molecular weight excluding hydrogens is 442 g/mol. The summed E-state index contributed by atoms with van der Waals surface area (Å²) in [6, 6.07) is 4.32. The number of hydrogen-bond acceptors (Lipinski definition) is 4. The van der Waals surface area contributed by atoms with Gasteiger partial charge in [0.25, 0.3) is 5.91 Å². The van der Waals surface area contributed by atoms with Crippen LogP contribution in [0.1, 0.15) is 46.8 Å². The average molecular weight is 463 g/mol. The number of nitrogens with one attached hydrogen (secondary N) is 1. The molecule has 1 saturated heterocycles. The van der Waals surface area contributed by atoms with Crippen LogP contribution >= 0.6 is 0 Å². The van der Waals surface area contributed by atoms with Gasteiger partial charge in [-0.1, -0.05) is 6.07 Å². The summed E-state index contributed by atoms with van der Waals surface area (Å²) in [4.78, 5) is 33.7. The molecule has 2 amide bonds. The molecule has 1 aliphatic heterocycles. The van der Waals surface area contributed by atoms with E-state index in [9.17, 15) is 27.2 Å². The lowest BCUT2D eigenvalue weighted by atomic mass is 9.88. The summed E-state index contributed by atoms with van der Waals surface area (Å²) in [5.41, 5.74) is 1.79. The minimum absolute atomic E-state index is 0.0994. The molecule has 0 unspecified atom stereocenters. The normalized spacial score (nSPS) is 15.1. The molecule has 0 bridgehead atoms. The van der Waals surface area contributed by atoms with E-state index in [0.29, 0.717) is 29.7 Å². The van der Waals surface area contributed by atoms with E-state index in [1.54, 1.807) is 35.3 Å². The van der Waals surface area contributed by atoms with E-state index in [0.717, 1.165) is 0 Å². The predicted octanol–water partition coefficient (Wildman–Crippen LogP) is 3.46. The highest BCUT2D eigenvalue weighted by atomic mass is 19.4. The molecule has 4 rings (SSSR count). The minimum Gasteiger partial charge on any atom is -0.346 e. The van der Waals surface area contributed by atoms with Crippen molar-refractivity contribution in [2.75, 3.05) is 13.1 Å². The van der Waals surface area contributed by atoms with Crippen LogP contribution in [0.2, 0.25) is 0 Å². The number of halogens is 4. The molecule has 174 valence electrons. The van der Waals surface area contributed by atoms with Crippen molar-refractivity contribution in [2.45, 2.75) is 37.9 Å². The standard InChI is InChI=1S/C22H21F4N5O2/c23-18-9-15(14-3-6-30(7-4-14)20(32)10-22(24,25)26)1-2-17(18)21(33)29-11-16-13-31-8-5-27-19(31)12-28-16/h1-2,5,8-9,12-14H,3-4,6-7,10-11H2,(H,29,33). The molecular formula is C22H21F4N5O2. The van der Waals surface area contributed by atoms with Crippen LogP contribution in [0.4, 0.5) is 17.6 Å². The highest BCUT2D eigenvalue weighted by molar-refractivity contribution is 5.94. The van der Waals surface area contributed by atoms with Crippen LogP contribution in [0.5, 0.6) is 0 Å². The molecule has 0 saturated carbocycles. The van der Waals surface area contributed by atoms with Gasteiger partial charge in [0.2, 0.25) is 5.91 Å². The van der Waals surface area contributed by atoms with Crippen LogP contribution in [0, 0.1) is 5.82 Å². The van der Waals surface area contributed by atoms with E-state index in [1.807, 2.05) is 0 Å². The highest BCUT2D eigenvalue weighted by Gasteiger charge is 2.35. The number of nitrogens with zero attached hydrogens (tertiary/aromatic N) is 4. The summed E-state index contributed by atoms with van der Waals surface area (Å²) in [7, 11) is 0. The summed E-state index contributed by atoms with van der Waals surface area (Å²) < 4.78 is 53.7. The molecule has 0 spiro atoms. The molecule has 7 nitrogen and oxygen atoms in total. The van der Waals surface area contributed by atoms with Crippen molar-refractivity contribution in [3.05, 3.63) is 65.6 Å². The Labute approximate surface area is 186 Å². The zero-order valence-electron chi connectivity index (χ0n) is 17.5. The fraction of sp³-hybridized carbons (Fsp3) is 0.364. The number of rotatable bonds is 5. The van der Waals surface area contributed by atoms with Gasteiger partial charge < -0.3 is 14.6 Å². The second-order valence-corrected chi connectivity index (χ2v) is 7.94. The van der Waals surface area contributed by atoms with E-state index in [2.05, 4.69) is 15.3 Å². The Morgan fingerprint density at radius 2 is 1.91 bits per heavy atom. The van der Waals surface area contributed by atoms with E-state index in [1.165, 1.54) is 17.0 Å². The molecule has 0 atom stereocenters. The maximum atomic E-state index is 14.7. The fourth-order valence-corrected chi connectivity index (χ4v) is 3.94. The Kier molecular flexibility index (Phi) is 6.30. The van der Waals surface area contributed by atoms with Crippen molar-refractivity contribution in [1.29, 1.82) is 0 Å². The number of imidazole rings is 1. The summed E-state index contributed by atoms with van der Waals surface area (Å²) in [5.74, 6) is -2.31. The first-order chi connectivity index (χ1) is 15.7. The van der Waals surface area contributed by atoms with Crippen LogP contribution in [0.25, 0.3) is 5.65 Å². The molecule has 1 aromatic carbocycles. The van der Waals surface area contributed by atoms with Gasteiger partial charge in [-0.05, 0) is 36.5 Å². The molecule has 1 aliphatic rings. The molecule has 2 aromatic heterocycles. The maximum Gasteiger partial charge on any atom is 0.397 e. The van der Waals surface area contributed by atoms with Crippen molar-refractivity contribution >= 4 is 17.5 Å². The van der Waals surface area contributed by atoms with Gasteiger partial charge in [-0.15, -0.1) is 0 Å². The van der Waals surface area contributed by atoms with Crippen LogP contribution in [0.3, 0.4) is 0 Å². The Balaban J connectivity index is 1.34. The summed E-state index contributed by atoms with van der Waals surface area (Å²) in [5, 5.41) is 2.64. The lowest BCUT2D eigenvalue weighted by Crippen LogP contribution is -2.39. The first-order valence-corrected chi connectivity index (χ1v) is 10.4. The smallest absolute Gasteiger partial charge is 0.346 e. The molecule has 0 aliphatic carbocycles. The van der Waals surface area contributed by atoms with Gasteiger partial charge in [-0.2, -0.15) is 13.2 Å². The Hall–Kier alpha value is -3.50. The van der Waals surface area contributed by atoms with Gasteiger partial charge in [0, 0.05) is 31.7 Å². The number of carbonyl (C=O) groups excluding carboxylic acids is 2. The topological polar surface area (TPSA) is 79.6 Å². The zero-order chi connectivity index (χ0) is 23.6. The number of alkyl halides is 3. The first kappa shape index (κ1) is 22.7. The number of carbonyl (C=O) groups is 2.